The van der Waals surface area contributed by atoms with Crippen LogP contribution in [0, 0.1) is 0 Å². The highest BCUT2D eigenvalue weighted by Crippen LogP contribution is 2.33. The number of thioether (sulfide) groups is 1. The number of para-hydroxylation sites is 1. The first-order valence-electron chi connectivity index (χ1n) is 10.4. The van der Waals surface area contributed by atoms with Crippen LogP contribution >= 0.6 is 23.4 Å². The topological polar surface area (TPSA) is 62.5 Å². The van der Waals surface area contributed by atoms with Crippen molar-refractivity contribution < 1.29 is 9.21 Å². The first-order chi connectivity index (χ1) is 15.7. The summed E-state index contributed by atoms with van der Waals surface area (Å²) in [6.07, 6.45) is 3.47. The zero-order valence-corrected chi connectivity index (χ0v) is 18.9. The molecule has 4 aromatic rings. The molecule has 3 heterocycles. The fraction of sp³-hybridized carbons (Fsp3) is 0.208. The third-order valence-electron chi connectivity index (χ3n) is 5.49. The van der Waals surface area contributed by atoms with Crippen LogP contribution in [0.3, 0.4) is 0 Å². The lowest BCUT2D eigenvalue weighted by atomic mass is 10.1. The van der Waals surface area contributed by atoms with Gasteiger partial charge in [0.05, 0.1) is 0 Å². The van der Waals surface area contributed by atoms with Crippen LogP contribution in [-0.4, -0.2) is 47.0 Å². The molecule has 0 bridgehead atoms. The summed E-state index contributed by atoms with van der Waals surface area (Å²) in [4.78, 5) is 27.1. The maximum Gasteiger partial charge on any atom is 0.290 e. The van der Waals surface area contributed by atoms with Gasteiger partial charge in [0.15, 0.2) is 5.76 Å². The number of carbonyl (C=O) groups is 1. The van der Waals surface area contributed by atoms with Crippen molar-refractivity contribution >= 4 is 46.2 Å². The van der Waals surface area contributed by atoms with E-state index in [4.69, 9.17) is 16.0 Å². The molecule has 1 aliphatic rings. The molecular weight excluding hydrogens is 444 g/mol. The number of carbonyl (C=O) groups excluding carboxylic acids is 1. The summed E-state index contributed by atoms with van der Waals surface area (Å²) in [7, 11) is 0. The van der Waals surface area contributed by atoms with Gasteiger partial charge in [-0.1, -0.05) is 29.8 Å². The number of benzene rings is 2. The highest BCUT2D eigenvalue weighted by atomic mass is 35.5. The first-order valence-corrected chi connectivity index (χ1v) is 11.8. The van der Waals surface area contributed by atoms with Crippen molar-refractivity contribution in [3.05, 3.63) is 83.3 Å². The Morgan fingerprint density at radius 3 is 2.44 bits per heavy atom. The number of hydrogen-bond donors (Lipinski definition) is 0. The molecule has 0 saturated carbocycles. The van der Waals surface area contributed by atoms with Crippen LogP contribution in [0.4, 0.5) is 5.95 Å². The Morgan fingerprint density at radius 2 is 1.69 bits per heavy atom. The minimum absolute atomic E-state index is 0.0680. The molecule has 1 aliphatic heterocycles. The summed E-state index contributed by atoms with van der Waals surface area (Å²) >= 11 is 7.67. The third-order valence-corrected chi connectivity index (χ3v) is 6.78. The molecule has 5 rings (SSSR count). The van der Waals surface area contributed by atoms with E-state index in [9.17, 15) is 4.79 Å². The lowest BCUT2D eigenvalue weighted by Crippen LogP contribution is -2.49. The Labute approximate surface area is 195 Å². The second-order valence-corrected chi connectivity index (χ2v) is 8.96. The van der Waals surface area contributed by atoms with E-state index in [0.29, 0.717) is 48.7 Å². The van der Waals surface area contributed by atoms with Gasteiger partial charge >= 0.3 is 0 Å². The largest absolute Gasteiger partial charge is 0.451 e. The van der Waals surface area contributed by atoms with Crippen LogP contribution in [-0.2, 0) is 5.75 Å². The molecule has 0 radical (unpaired) electrons. The van der Waals surface area contributed by atoms with Gasteiger partial charge in [0.2, 0.25) is 5.95 Å². The molecule has 8 heteroatoms. The SMILES string of the molecule is O=C(c1oc2ccccc2c1CSc1ccc(Cl)cc1)N1CCN(c2ncccn2)CC1. The molecule has 0 atom stereocenters. The van der Waals surface area contributed by atoms with Crippen molar-refractivity contribution in [3.63, 3.8) is 0 Å². The van der Waals surface area contributed by atoms with Gasteiger partial charge < -0.3 is 14.2 Å². The summed E-state index contributed by atoms with van der Waals surface area (Å²) in [5.74, 6) is 1.69. The number of fused-ring (bicyclic) bond motifs is 1. The minimum atomic E-state index is -0.0680. The predicted octanol–water partition coefficient (Wildman–Crippen LogP) is 5.13. The van der Waals surface area contributed by atoms with Crippen molar-refractivity contribution in [1.82, 2.24) is 14.9 Å². The number of piperazine rings is 1. The molecule has 0 spiro atoms. The molecule has 2 aromatic carbocycles. The molecule has 32 heavy (non-hydrogen) atoms. The highest BCUT2D eigenvalue weighted by molar-refractivity contribution is 7.98. The number of anilines is 1. The molecule has 1 amide bonds. The van der Waals surface area contributed by atoms with Gasteiger partial charge in [-0.2, -0.15) is 0 Å². The standard InChI is InChI=1S/C24H21ClN4O2S/c25-17-6-8-18(9-7-17)32-16-20-19-4-1-2-5-21(19)31-22(20)23(30)28-12-14-29(15-13-28)24-26-10-3-11-27-24/h1-11H,12-16H2. The second kappa shape index (κ2) is 9.22. The van der Waals surface area contributed by atoms with Crippen LogP contribution in [0.1, 0.15) is 16.1 Å². The number of furan rings is 1. The zero-order valence-electron chi connectivity index (χ0n) is 17.3. The maximum absolute atomic E-state index is 13.4. The van der Waals surface area contributed by atoms with E-state index in [1.54, 1.807) is 30.2 Å². The van der Waals surface area contributed by atoms with Crippen molar-refractivity contribution in [2.75, 3.05) is 31.1 Å². The summed E-state index contributed by atoms with van der Waals surface area (Å²) in [5, 5.41) is 1.69. The summed E-state index contributed by atoms with van der Waals surface area (Å²) in [6, 6.07) is 17.3. The Balaban J connectivity index is 1.35. The Bertz CT molecular complexity index is 1220. The lowest BCUT2D eigenvalue weighted by molar-refractivity contribution is 0.0715. The van der Waals surface area contributed by atoms with Gasteiger partial charge in [0, 0.05) is 65.2 Å². The molecule has 1 saturated heterocycles. The summed E-state index contributed by atoms with van der Waals surface area (Å²) in [6.45, 7) is 2.56. The van der Waals surface area contributed by atoms with Crippen molar-refractivity contribution in [2.24, 2.45) is 0 Å². The van der Waals surface area contributed by atoms with Gasteiger partial charge in [-0.05, 0) is 36.4 Å². The van der Waals surface area contributed by atoms with E-state index in [1.807, 2.05) is 53.4 Å². The highest BCUT2D eigenvalue weighted by Gasteiger charge is 2.28. The van der Waals surface area contributed by atoms with E-state index >= 15 is 0 Å². The minimum Gasteiger partial charge on any atom is -0.451 e. The maximum atomic E-state index is 13.4. The number of nitrogens with zero attached hydrogens (tertiary/aromatic N) is 4. The molecule has 6 nitrogen and oxygen atoms in total. The number of amides is 1. The Kier molecular flexibility index (Phi) is 6.01. The molecule has 162 valence electrons. The van der Waals surface area contributed by atoms with Crippen molar-refractivity contribution in [2.45, 2.75) is 10.6 Å². The average Bonchev–Trinajstić information content (AvgIpc) is 3.22. The first kappa shape index (κ1) is 20.8. The van der Waals surface area contributed by atoms with Crippen molar-refractivity contribution in [1.29, 1.82) is 0 Å². The lowest BCUT2D eigenvalue weighted by Gasteiger charge is -2.34. The molecule has 0 aliphatic carbocycles. The number of aromatic nitrogens is 2. The number of halogens is 1. The summed E-state index contributed by atoms with van der Waals surface area (Å²) < 4.78 is 6.07. The van der Waals surface area contributed by atoms with Gasteiger partial charge in [-0.3, -0.25) is 4.79 Å². The normalized spacial score (nSPS) is 14.2. The van der Waals surface area contributed by atoms with E-state index in [0.717, 1.165) is 21.4 Å². The quantitative estimate of drug-likeness (QED) is 0.381. The van der Waals surface area contributed by atoms with E-state index in [-0.39, 0.29) is 5.91 Å². The van der Waals surface area contributed by atoms with Gasteiger partial charge in [-0.25, -0.2) is 9.97 Å². The van der Waals surface area contributed by atoms with Crippen LogP contribution in [0.25, 0.3) is 11.0 Å². The molecule has 1 fully saturated rings. The van der Waals surface area contributed by atoms with E-state index in [2.05, 4.69) is 14.9 Å². The fourth-order valence-electron chi connectivity index (χ4n) is 3.81. The van der Waals surface area contributed by atoms with Crippen LogP contribution in [0.15, 0.2) is 76.3 Å². The fourth-order valence-corrected chi connectivity index (χ4v) is 4.86. The van der Waals surface area contributed by atoms with Crippen LogP contribution < -0.4 is 4.90 Å². The second-order valence-electron chi connectivity index (χ2n) is 7.48. The predicted molar refractivity (Wildman–Crippen MR) is 127 cm³/mol. The molecular formula is C24H21ClN4O2S. The van der Waals surface area contributed by atoms with Gasteiger partial charge in [-0.15, -0.1) is 11.8 Å². The van der Waals surface area contributed by atoms with Gasteiger partial charge in [0.1, 0.15) is 5.58 Å². The average molecular weight is 465 g/mol. The van der Waals surface area contributed by atoms with Gasteiger partial charge in [0.25, 0.3) is 5.91 Å². The van der Waals surface area contributed by atoms with Crippen LogP contribution in [0.5, 0.6) is 0 Å². The number of hydrogen-bond acceptors (Lipinski definition) is 6. The Hall–Kier alpha value is -3.03. The smallest absolute Gasteiger partial charge is 0.290 e. The third kappa shape index (κ3) is 4.31. The van der Waals surface area contributed by atoms with Crippen LogP contribution in [0.2, 0.25) is 5.02 Å². The molecule has 2 aromatic heterocycles. The van der Waals surface area contributed by atoms with Crippen molar-refractivity contribution in [3.8, 4) is 0 Å². The Morgan fingerprint density at radius 1 is 0.969 bits per heavy atom. The summed E-state index contributed by atoms with van der Waals surface area (Å²) in [5.41, 5.74) is 1.67. The van der Waals surface area contributed by atoms with E-state index < -0.39 is 0 Å². The van der Waals surface area contributed by atoms with E-state index in [1.165, 1.54) is 0 Å². The monoisotopic (exact) mass is 464 g/mol. The number of rotatable bonds is 5. The molecule has 0 N–H and O–H groups in total. The molecule has 0 unspecified atom stereocenters. The zero-order chi connectivity index (χ0) is 21.9.